The van der Waals surface area contributed by atoms with Gasteiger partial charge in [-0.2, -0.15) is 0 Å². The van der Waals surface area contributed by atoms with Crippen LogP contribution in [-0.4, -0.2) is 15.0 Å². The Morgan fingerprint density at radius 2 is 0.800 bits per heavy atom. The molecule has 0 spiro atoms. The Hall–Kier alpha value is -7.73. The quantitative estimate of drug-likeness (QED) is 0.169. The number of benzene rings is 9. The van der Waals surface area contributed by atoms with Gasteiger partial charge in [0.1, 0.15) is 11.2 Å². The van der Waals surface area contributed by atoms with E-state index in [1.165, 1.54) is 42.1 Å². The fraction of sp³-hybridized carbons (Fsp3) is 0. The number of rotatable bonds is 6. The first-order valence-corrected chi connectivity index (χ1v) is 20.9. The van der Waals surface area contributed by atoms with Gasteiger partial charge in [0.15, 0.2) is 17.5 Å². The molecule has 0 fully saturated rings. The van der Waals surface area contributed by atoms with Gasteiger partial charge in [0.05, 0.1) is 0 Å². The number of thiophene rings is 1. The van der Waals surface area contributed by atoms with Crippen molar-refractivity contribution in [3.63, 3.8) is 0 Å². The lowest BCUT2D eigenvalue weighted by Gasteiger charge is -2.11. The fourth-order valence-corrected chi connectivity index (χ4v) is 9.51. The Balaban J connectivity index is 0.954. The van der Waals surface area contributed by atoms with Crippen LogP contribution in [0.2, 0.25) is 0 Å². The highest BCUT2D eigenvalue weighted by atomic mass is 32.1. The van der Waals surface area contributed by atoms with Crippen LogP contribution in [0.15, 0.2) is 205 Å². The zero-order valence-corrected chi connectivity index (χ0v) is 33.0. The summed E-state index contributed by atoms with van der Waals surface area (Å²) in [6, 6.07) is 70.6. The van der Waals surface area contributed by atoms with E-state index in [0.29, 0.717) is 17.5 Å². The van der Waals surface area contributed by atoms with Crippen molar-refractivity contribution in [3.8, 4) is 67.5 Å². The van der Waals surface area contributed by atoms with Crippen LogP contribution in [-0.2, 0) is 0 Å². The first-order valence-electron chi connectivity index (χ1n) is 20.1. The molecule has 0 amide bonds. The maximum Gasteiger partial charge on any atom is 0.164 e. The molecule has 5 heteroatoms. The van der Waals surface area contributed by atoms with Crippen molar-refractivity contribution < 1.29 is 4.42 Å². The van der Waals surface area contributed by atoms with E-state index >= 15 is 0 Å². The molecule has 0 radical (unpaired) electrons. The van der Waals surface area contributed by atoms with Gasteiger partial charge in [-0.1, -0.05) is 140 Å². The number of nitrogens with zero attached hydrogens (tertiary/aromatic N) is 3. The summed E-state index contributed by atoms with van der Waals surface area (Å²) in [6.45, 7) is 0. The molecule has 0 saturated carbocycles. The average Bonchev–Trinajstić information content (AvgIpc) is 3.89. The van der Waals surface area contributed by atoms with Gasteiger partial charge in [0.2, 0.25) is 0 Å². The van der Waals surface area contributed by atoms with Gasteiger partial charge in [0.25, 0.3) is 0 Å². The van der Waals surface area contributed by atoms with Crippen LogP contribution in [0.1, 0.15) is 0 Å². The molecule has 12 rings (SSSR count). The summed E-state index contributed by atoms with van der Waals surface area (Å²) < 4.78 is 8.72. The molecule has 60 heavy (non-hydrogen) atoms. The van der Waals surface area contributed by atoms with Gasteiger partial charge >= 0.3 is 0 Å². The molecule has 9 aromatic carbocycles. The molecule has 3 aromatic heterocycles. The van der Waals surface area contributed by atoms with E-state index < -0.39 is 0 Å². The van der Waals surface area contributed by atoms with Gasteiger partial charge in [-0.05, 0) is 105 Å². The van der Waals surface area contributed by atoms with Gasteiger partial charge in [0, 0.05) is 47.6 Å². The first kappa shape index (κ1) is 34.3. The third kappa shape index (κ3) is 6.03. The summed E-state index contributed by atoms with van der Waals surface area (Å²) in [4.78, 5) is 15.5. The van der Waals surface area contributed by atoms with Crippen molar-refractivity contribution in [2.45, 2.75) is 0 Å². The number of para-hydroxylation sites is 1. The second-order valence-electron chi connectivity index (χ2n) is 15.2. The molecule has 12 aromatic rings. The Morgan fingerprint density at radius 1 is 0.283 bits per heavy atom. The van der Waals surface area contributed by atoms with Crippen molar-refractivity contribution in [3.05, 3.63) is 200 Å². The van der Waals surface area contributed by atoms with Crippen molar-refractivity contribution >= 4 is 64.2 Å². The van der Waals surface area contributed by atoms with Gasteiger partial charge in [-0.3, -0.25) is 0 Å². The van der Waals surface area contributed by atoms with Crippen LogP contribution in [0.25, 0.3) is 120 Å². The second kappa shape index (κ2) is 14.0. The van der Waals surface area contributed by atoms with Crippen molar-refractivity contribution in [1.29, 1.82) is 0 Å². The molecule has 0 aliphatic rings. The normalized spacial score (nSPS) is 11.7. The number of furan rings is 1. The molecular weight excluding hydrogens is 751 g/mol. The zero-order valence-electron chi connectivity index (χ0n) is 32.2. The first-order chi connectivity index (χ1) is 29.7. The molecule has 0 atom stereocenters. The number of hydrogen-bond donors (Lipinski definition) is 0. The van der Waals surface area contributed by atoms with Gasteiger partial charge in [-0.15, -0.1) is 11.3 Å². The summed E-state index contributed by atoms with van der Waals surface area (Å²) >= 11 is 1.81. The Morgan fingerprint density at radius 3 is 1.62 bits per heavy atom. The zero-order chi connectivity index (χ0) is 39.6. The van der Waals surface area contributed by atoms with Crippen LogP contribution < -0.4 is 0 Å². The molecule has 280 valence electrons. The lowest BCUT2D eigenvalue weighted by atomic mass is 9.97. The summed E-state index contributed by atoms with van der Waals surface area (Å²) in [6.07, 6.45) is 0. The van der Waals surface area contributed by atoms with Crippen LogP contribution in [0.4, 0.5) is 0 Å². The minimum absolute atomic E-state index is 0.620. The van der Waals surface area contributed by atoms with E-state index in [-0.39, 0.29) is 0 Å². The Bertz CT molecular complexity index is 3610. The molecule has 0 aliphatic carbocycles. The minimum atomic E-state index is 0.620. The Labute approximate surface area is 349 Å². The standard InChI is InChI=1S/C55H33N3OS/c1-2-9-34(10-3-1)39-23-19-36-20-24-40(31-44(36)30-39)38-11-8-12-42(29-38)54-56-53(57-55(58-54)43-26-28-52-48(32-43)47-14-5-7-16-51(47)60-52)37-21-17-35(18-22-37)41-25-27-46-45-13-4-6-15-49(45)59-50(46)33-41/h1-33H. The molecular formula is C55H33N3OS. The minimum Gasteiger partial charge on any atom is -0.456 e. The largest absolute Gasteiger partial charge is 0.456 e. The fourth-order valence-electron chi connectivity index (χ4n) is 8.42. The molecule has 3 heterocycles. The summed E-state index contributed by atoms with van der Waals surface area (Å²) in [5.74, 6) is 1.88. The molecule has 0 saturated heterocycles. The number of fused-ring (bicyclic) bond motifs is 7. The predicted molar refractivity (Wildman–Crippen MR) is 250 cm³/mol. The maximum absolute atomic E-state index is 6.21. The van der Waals surface area contributed by atoms with Crippen molar-refractivity contribution in [2.75, 3.05) is 0 Å². The smallest absolute Gasteiger partial charge is 0.164 e. The highest BCUT2D eigenvalue weighted by Gasteiger charge is 2.16. The molecule has 4 nitrogen and oxygen atoms in total. The highest BCUT2D eigenvalue weighted by molar-refractivity contribution is 7.25. The second-order valence-corrected chi connectivity index (χ2v) is 16.3. The van der Waals surface area contributed by atoms with E-state index in [1.54, 1.807) is 11.3 Å². The van der Waals surface area contributed by atoms with Crippen molar-refractivity contribution in [1.82, 2.24) is 15.0 Å². The molecule has 0 aliphatic heterocycles. The van der Waals surface area contributed by atoms with Gasteiger partial charge in [-0.25, -0.2) is 15.0 Å². The average molecular weight is 784 g/mol. The van der Waals surface area contributed by atoms with E-state index in [9.17, 15) is 0 Å². The lowest BCUT2D eigenvalue weighted by molar-refractivity contribution is 0.669. The maximum atomic E-state index is 6.21. The highest BCUT2D eigenvalue weighted by Crippen LogP contribution is 2.38. The van der Waals surface area contributed by atoms with E-state index in [4.69, 9.17) is 19.4 Å². The van der Waals surface area contributed by atoms with E-state index in [1.807, 2.05) is 18.2 Å². The molecule has 0 N–H and O–H groups in total. The summed E-state index contributed by atoms with van der Waals surface area (Å²) in [5.41, 5.74) is 11.4. The SMILES string of the molecule is c1ccc(-c2ccc3ccc(-c4cccc(-c5nc(-c6ccc(-c7ccc8c(c7)oc7ccccc78)cc6)nc(-c6ccc7sc8ccccc8c7c6)n5)c4)cc3c2)cc1. The third-order valence-electron chi connectivity index (χ3n) is 11.5. The van der Waals surface area contributed by atoms with Crippen molar-refractivity contribution in [2.24, 2.45) is 0 Å². The van der Waals surface area contributed by atoms with Crippen LogP contribution >= 0.6 is 11.3 Å². The Kier molecular flexibility index (Phi) is 8.00. The topological polar surface area (TPSA) is 51.8 Å². The molecule has 0 unspecified atom stereocenters. The monoisotopic (exact) mass is 783 g/mol. The predicted octanol–water partition coefficient (Wildman–Crippen LogP) is 15.3. The van der Waals surface area contributed by atoms with Crippen LogP contribution in [0.5, 0.6) is 0 Å². The number of hydrogen-bond acceptors (Lipinski definition) is 5. The number of aromatic nitrogens is 3. The summed E-state index contributed by atoms with van der Waals surface area (Å²) in [7, 11) is 0. The van der Waals surface area contributed by atoms with E-state index in [2.05, 4.69) is 182 Å². The van der Waals surface area contributed by atoms with Crippen LogP contribution in [0, 0.1) is 0 Å². The lowest BCUT2D eigenvalue weighted by Crippen LogP contribution is -2.00. The van der Waals surface area contributed by atoms with Crippen LogP contribution in [0.3, 0.4) is 0 Å². The third-order valence-corrected chi connectivity index (χ3v) is 12.7. The van der Waals surface area contributed by atoms with Gasteiger partial charge < -0.3 is 4.42 Å². The summed E-state index contributed by atoms with van der Waals surface area (Å²) in [5, 5.41) is 7.09. The molecule has 0 bridgehead atoms. The van der Waals surface area contributed by atoms with E-state index in [0.717, 1.165) is 60.9 Å².